The van der Waals surface area contributed by atoms with Crippen LogP contribution >= 0.6 is 15.9 Å². The Morgan fingerprint density at radius 1 is 1.35 bits per heavy atom. The van der Waals surface area contributed by atoms with Crippen molar-refractivity contribution in [2.45, 2.75) is 25.3 Å². The molecule has 0 bridgehead atoms. The van der Waals surface area contributed by atoms with Crippen molar-refractivity contribution in [1.82, 2.24) is 4.31 Å². The third-order valence-corrected chi connectivity index (χ3v) is 5.81. The Kier molecular flexibility index (Phi) is 7.11. The molecule has 0 amide bonds. The highest BCUT2D eigenvalue weighted by atomic mass is 79.9. The van der Waals surface area contributed by atoms with Crippen LogP contribution in [0.15, 0.2) is 27.6 Å². The predicted molar refractivity (Wildman–Crippen MR) is 81.0 cm³/mol. The Bertz CT molecular complexity index is 533. The molecule has 0 radical (unpaired) electrons. The molecule has 0 aliphatic rings. The van der Waals surface area contributed by atoms with Crippen LogP contribution in [0.3, 0.4) is 0 Å². The van der Waals surface area contributed by atoms with Gasteiger partial charge in [-0.25, -0.2) is 8.42 Å². The molecule has 1 aromatic carbocycles. The SMILES string of the molecule is CCOCCN(CC)S(=O)(=O)c1cc(CO)ccc1Br. The largest absolute Gasteiger partial charge is 0.392 e. The van der Waals surface area contributed by atoms with Crippen molar-refractivity contribution >= 4 is 26.0 Å². The van der Waals surface area contributed by atoms with Gasteiger partial charge in [0.05, 0.1) is 18.1 Å². The van der Waals surface area contributed by atoms with Gasteiger partial charge >= 0.3 is 0 Å². The summed E-state index contributed by atoms with van der Waals surface area (Å²) in [6, 6.07) is 4.80. The number of benzene rings is 1. The molecule has 0 unspecified atom stereocenters. The Balaban J connectivity index is 3.07. The fourth-order valence-electron chi connectivity index (χ4n) is 1.74. The number of nitrogens with zero attached hydrogens (tertiary/aromatic N) is 1. The number of aliphatic hydroxyl groups excluding tert-OH is 1. The third kappa shape index (κ3) is 4.26. The smallest absolute Gasteiger partial charge is 0.244 e. The van der Waals surface area contributed by atoms with E-state index in [1.54, 1.807) is 19.1 Å². The van der Waals surface area contributed by atoms with Gasteiger partial charge < -0.3 is 9.84 Å². The van der Waals surface area contributed by atoms with Crippen molar-refractivity contribution in [3.05, 3.63) is 28.2 Å². The van der Waals surface area contributed by atoms with Crippen LogP contribution in [0.25, 0.3) is 0 Å². The van der Waals surface area contributed by atoms with Gasteiger partial charge in [0.1, 0.15) is 0 Å². The van der Waals surface area contributed by atoms with Gasteiger partial charge in [-0.2, -0.15) is 4.31 Å². The molecular weight excluding hydrogens is 346 g/mol. The molecule has 0 aliphatic heterocycles. The van der Waals surface area contributed by atoms with Gasteiger partial charge in [0, 0.05) is 24.2 Å². The molecule has 0 heterocycles. The summed E-state index contributed by atoms with van der Waals surface area (Å²) in [6.07, 6.45) is 0. The summed E-state index contributed by atoms with van der Waals surface area (Å²) >= 11 is 3.26. The normalized spacial score (nSPS) is 12.1. The van der Waals surface area contributed by atoms with Gasteiger partial charge in [0.15, 0.2) is 0 Å². The zero-order chi connectivity index (χ0) is 15.2. The van der Waals surface area contributed by atoms with Gasteiger partial charge in [-0.05, 0) is 40.5 Å². The Morgan fingerprint density at radius 3 is 2.60 bits per heavy atom. The fraction of sp³-hybridized carbons (Fsp3) is 0.538. The maximum atomic E-state index is 12.6. The topological polar surface area (TPSA) is 66.8 Å². The zero-order valence-corrected chi connectivity index (χ0v) is 14.1. The molecule has 0 spiro atoms. The monoisotopic (exact) mass is 365 g/mol. The number of aliphatic hydroxyl groups is 1. The summed E-state index contributed by atoms with van der Waals surface area (Å²) in [5.74, 6) is 0. The zero-order valence-electron chi connectivity index (χ0n) is 11.7. The quantitative estimate of drug-likeness (QED) is 0.715. The van der Waals surface area contributed by atoms with Gasteiger partial charge in [-0.3, -0.25) is 0 Å². The van der Waals surface area contributed by atoms with Crippen molar-refractivity contribution in [2.75, 3.05) is 26.3 Å². The average Bonchev–Trinajstić information content (AvgIpc) is 2.43. The molecule has 0 atom stereocenters. The van der Waals surface area contributed by atoms with Crippen molar-refractivity contribution < 1.29 is 18.3 Å². The molecule has 1 rings (SSSR count). The number of hydrogen-bond donors (Lipinski definition) is 1. The second-order valence-electron chi connectivity index (χ2n) is 4.12. The highest BCUT2D eigenvalue weighted by molar-refractivity contribution is 9.10. The van der Waals surface area contributed by atoms with E-state index in [-0.39, 0.29) is 11.5 Å². The van der Waals surface area contributed by atoms with Crippen LogP contribution in [0.1, 0.15) is 19.4 Å². The van der Waals surface area contributed by atoms with Gasteiger partial charge in [-0.15, -0.1) is 0 Å². The Labute approximate surface area is 128 Å². The van der Waals surface area contributed by atoms with Crippen LogP contribution in [0.5, 0.6) is 0 Å². The minimum atomic E-state index is -3.60. The molecule has 0 aliphatic carbocycles. The molecule has 0 fully saturated rings. The Morgan fingerprint density at radius 2 is 2.05 bits per heavy atom. The number of halogens is 1. The van der Waals surface area contributed by atoms with Gasteiger partial charge in [-0.1, -0.05) is 13.0 Å². The van der Waals surface area contributed by atoms with E-state index in [9.17, 15) is 8.42 Å². The van der Waals surface area contributed by atoms with Crippen LogP contribution < -0.4 is 0 Å². The minimum absolute atomic E-state index is 0.169. The third-order valence-electron chi connectivity index (χ3n) is 2.84. The lowest BCUT2D eigenvalue weighted by molar-refractivity contribution is 0.135. The van der Waals surface area contributed by atoms with E-state index in [4.69, 9.17) is 9.84 Å². The van der Waals surface area contributed by atoms with Crippen molar-refractivity contribution in [3.8, 4) is 0 Å². The van der Waals surface area contributed by atoms with E-state index in [1.165, 1.54) is 10.4 Å². The van der Waals surface area contributed by atoms with E-state index in [0.717, 1.165) is 0 Å². The van der Waals surface area contributed by atoms with Gasteiger partial charge in [0.2, 0.25) is 10.0 Å². The summed E-state index contributed by atoms with van der Waals surface area (Å²) in [5.41, 5.74) is 0.563. The molecule has 0 aromatic heterocycles. The van der Waals surface area contributed by atoms with Crippen molar-refractivity contribution in [2.24, 2.45) is 0 Å². The number of ether oxygens (including phenoxy) is 1. The van der Waals surface area contributed by atoms with Crippen LogP contribution in [0, 0.1) is 0 Å². The second kappa shape index (κ2) is 8.09. The van der Waals surface area contributed by atoms with Crippen LogP contribution in [-0.2, 0) is 21.4 Å². The summed E-state index contributed by atoms with van der Waals surface area (Å²) in [6.45, 7) is 5.05. The highest BCUT2D eigenvalue weighted by Crippen LogP contribution is 2.26. The Hall–Kier alpha value is -0.470. The van der Waals surface area contributed by atoms with Crippen molar-refractivity contribution in [3.63, 3.8) is 0 Å². The number of sulfonamides is 1. The first-order valence-electron chi connectivity index (χ1n) is 6.44. The predicted octanol–water partition coefficient (Wildman–Crippen LogP) is 1.99. The molecule has 0 saturated heterocycles. The molecular formula is C13H20BrNO4S. The van der Waals surface area contributed by atoms with Gasteiger partial charge in [0.25, 0.3) is 0 Å². The van der Waals surface area contributed by atoms with Crippen molar-refractivity contribution in [1.29, 1.82) is 0 Å². The molecule has 114 valence electrons. The molecule has 20 heavy (non-hydrogen) atoms. The van der Waals surface area contributed by atoms with E-state index < -0.39 is 10.0 Å². The fourth-order valence-corrected chi connectivity index (χ4v) is 4.15. The van der Waals surface area contributed by atoms with Crippen LogP contribution in [0.2, 0.25) is 0 Å². The number of hydrogen-bond acceptors (Lipinski definition) is 4. The standard InChI is InChI=1S/C13H20BrNO4S/c1-3-15(7-8-19-4-2)20(17,18)13-9-11(10-16)5-6-12(13)14/h5-6,9,16H,3-4,7-8,10H2,1-2H3. The minimum Gasteiger partial charge on any atom is -0.392 e. The van der Waals surface area contributed by atoms with E-state index in [0.29, 0.717) is 36.3 Å². The van der Waals surface area contributed by atoms with Crippen LogP contribution in [-0.4, -0.2) is 44.1 Å². The lowest BCUT2D eigenvalue weighted by Gasteiger charge is -2.21. The molecule has 1 N–H and O–H groups in total. The molecule has 0 saturated carbocycles. The lowest BCUT2D eigenvalue weighted by Crippen LogP contribution is -2.34. The van der Waals surface area contributed by atoms with E-state index in [1.807, 2.05) is 6.92 Å². The second-order valence-corrected chi connectivity index (χ2v) is 6.88. The van der Waals surface area contributed by atoms with E-state index >= 15 is 0 Å². The maximum absolute atomic E-state index is 12.6. The molecule has 5 nitrogen and oxygen atoms in total. The average molecular weight is 366 g/mol. The summed E-state index contributed by atoms with van der Waals surface area (Å²) < 4.78 is 32.3. The molecule has 7 heteroatoms. The number of rotatable bonds is 8. The molecule has 1 aromatic rings. The maximum Gasteiger partial charge on any atom is 0.244 e. The first-order chi connectivity index (χ1) is 9.47. The number of likely N-dealkylation sites (N-methyl/N-ethyl adjacent to an activating group) is 1. The summed E-state index contributed by atoms with van der Waals surface area (Å²) in [4.78, 5) is 0.169. The summed E-state index contributed by atoms with van der Waals surface area (Å²) in [7, 11) is -3.60. The first-order valence-corrected chi connectivity index (χ1v) is 8.67. The first kappa shape index (κ1) is 17.6. The van der Waals surface area contributed by atoms with Crippen LogP contribution in [0.4, 0.5) is 0 Å². The lowest BCUT2D eigenvalue weighted by atomic mass is 10.2. The van der Waals surface area contributed by atoms with E-state index in [2.05, 4.69) is 15.9 Å². The highest BCUT2D eigenvalue weighted by Gasteiger charge is 2.25. The summed E-state index contributed by atoms with van der Waals surface area (Å²) in [5, 5.41) is 9.14.